The molecule has 200 valence electrons. The van der Waals surface area contributed by atoms with Gasteiger partial charge in [-0.2, -0.15) is 0 Å². The van der Waals surface area contributed by atoms with E-state index in [0.717, 1.165) is 45.3 Å². The topological polar surface area (TPSA) is 79.9 Å². The summed E-state index contributed by atoms with van der Waals surface area (Å²) in [4.78, 5) is 26.0. The van der Waals surface area contributed by atoms with Crippen molar-refractivity contribution in [3.63, 3.8) is 0 Å². The zero-order valence-corrected chi connectivity index (χ0v) is 23.0. The Hall–Kier alpha value is -2.28. The molecule has 0 heterocycles. The molecule has 0 spiro atoms. The van der Waals surface area contributed by atoms with E-state index in [9.17, 15) is 9.59 Å². The minimum Gasteiger partial charge on any atom is -0.444 e. The standard InChI is InChI=1S/C28H49N3O4/c1-27(2,3)34-25(32)29-19-14-9-7-8-10-15-21-31(23-24-17-12-11-13-18-24)22-16-20-30-26(33)35-28(4,5)6/h11-13,17-18H,7-10,14-16,19-23H2,1-6H3,(H,29,32)(H,30,33). The van der Waals surface area contributed by atoms with Gasteiger partial charge in [0, 0.05) is 26.2 Å². The smallest absolute Gasteiger partial charge is 0.407 e. The van der Waals surface area contributed by atoms with Crippen LogP contribution in [-0.2, 0) is 16.0 Å². The summed E-state index contributed by atoms with van der Waals surface area (Å²) in [5.74, 6) is 0. The first kappa shape index (κ1) is 30.8. The van der Waals surface area contributed by atoms with Crippen molar-refractivity contribution in [1.82, 2.24) is 15.5 Å². The normalized spacial score (nSPS) is 11.9. The van der Waals surface area contributed by atoms with Gasteiger partial charge in [-0.15, -0.1) is 0 Å². The number of ether oxygens (including phenoxy) is 2. The van der Waals surface area contributed by atoms with E-state index in [4.69, 9.17) is 9.47 Å². The zero-order valence-electron chi connectivity index (χ0n) is 23.0. The van der Waals surface area contributed by atoms with E-state index in [-0.39, 0.29) is 12.2 Å². The number of hydrogen-bond donors (Lipinski definition) is 2. The lowest BCUT2D eigenvalue weighted by Crippen LogP contribution is -2.34. The molecule has 2 amide bonds. The van der Waals surface area contributed by atoms with Crippen LogP contribution < -0.4 is 10.6 Å². The molecule has 0 saturated carbocycles. The van der Waals surface area contributed by atoms with E-state index in [1.807, 2.05) is 47.6 Å². The van der Waals surface area contributed by atoms with Gasteiger partial charge < -0.3 is 20.1 Å². The van der Waals surface area contributed by atoms with Crippen LogP contribution in [0.3, 0.4) is 0 Å². The Bertz CT molecular complexity index is 711. The molecule has 1 rings (SSSR count). The monoisotopic (exact) mass is 491 g/mol. The molecule has 0 aliphatic heterocycles. The number of benzene rings is 1. The van der Waals surface area contributed by atoms with Gasteiger partial charge in [0.05, 0.1) is 0 Å². The molecule has 1 aromatic rings. The second-order valence-electron chi connectivity index (χ2n) is 11.1. The van der Waals surface area contributed by atoms with Gasteiger partial charge in [0.15, 0.2) is 0 Å². The predicted molar refractivity (Wildman–Crippen MR) is 143 cm³/mol. The molecule has 2 N–H and O–H groups in total. The van der Waals surface area contributed by atoms with Gasteiger partial charge in [-0.05, 0) is 72.9 Å². The molecule has 7 nitrogen and oxygen atoms in total. The van der Waals surface area contributed by atoms with E-state index < -0.39 is 11.2 Å². The maximum atomic E-state index is 11.8. The van der Waals surface area contributed by atoms with Crippen molar-refractivity contribution >= 4 is 12.2 Å². The molecular weight excluding hydrogens is 442 g/mol. The second-order valence-corrected chi connectivity index (χ2v) is 11.1. The largest absolute Gasteiger partial charge is 0.444 e. The highest BCUT2D eigenvalue weighted by Gasteiger charge is 2.16. The maximum Gasteiger partial charge on any atom is 0.407 e. The van der Waals surface area contributed by atoms with Crippen LogP contribution >= 0.6 is 0 Å². The molecule has 0 radical (unpaired) electrons. The van der Waals surface area contributed by atoms with E-state index >= 15 is 0 Å². The molecule has 35 heavy (non-hydrogen) atoms. The molecule has 0 aliphatic carbocycles. The van der Waals surface area contributed by atoms with Crippen molar-refractivity contribution in [2.75, 3.05) is 26.2 Å². The zero-order chi connectivity index (χ0) is 26.2. The SMILES string of the molecule is CC(C)(C)OC(=O)NCCCCCCCCN(CCCNC(=O)OC(C)(C)C)Cc1ccccc1. The van der Waals surface area contributed by atoms with Crippen LogP contribution in [0.2, 0.25) is 0 Å². The molecular formula is C28H49N3O4. The lowest BCUT2D eigenvalue weighted by molar-refractivity contribution is 0.0514. The fourth-order valence-corrected chi connectivity index (χ4v) is 3.59. The Morgan fingerprint density at radius 2 is 1.14 bits per heavy atom. The number of carbonyl (C=O) groups excluding carboxylic acids is 2. The van der Waals surface area contributed by atoms with Gasteiger partial charge in [0.1, 0.15) is 11.2 Å². The van der Waals surface area contributed by atoms with Gasteiger partial charge in [-0.25, -0.2) is 9.59 Å². The third-order valence-corrected chi connectivity index (χ3v) is 5.14. The Labute approximate surface area is 213 Å². The molecule has 7 heteroatoms. The highest BCUT2D eigenvalue weighted by molar-refractivity contribution is 5.67. The van der Waals surface area contributed by atoms with Gasteiger partial charge in [0.25, 0.3) is 0 Å². The van der Waals surface area contributed by atoms with Crippen molar-refractivity contribution in [3.8, 4) is 0 Å². The maximum absolute atomic E-state index is 11.8. The van der Waals surface area contributed by atoms with Crippen molar-refractivity contribution in [2.24, 2.45) is 0 Å². The lowest BCUT2D eigenvalue weighted by Gasteiger charge is -2.23. The van der Waals surface area contributed by atoms with Gasteiger partial charge in [-0.3, -0.25) is 4.90 Å². The van der Waals surface area contributed by atoms with Crippen LogP contribution in [0.5, 0.6) is 0 Å². The van der Waals surface area contributed by atoms with Crippen molar-refractivity contribution in [2.45, 2.75) is 104 Å². The number of unbranched alkanes of at least 4 members (excludes halogenated alkanes) is 5. The Kier molecular flexibility index (Phi) is 14.4. The fraction of sp³-hybridized carbons (Fsp3) is 0.714. The summed E-state index contributed by atoms with van der Waals surface area (Å²) in [6.07, 6.45) is 7.01. The quantitative estimate of drug-likeness (QED) is 0.283. The number of alkyl carbamates (subject to hydrolysis) is 2. The van der Waals surface area contributed by atoms with Crippen LogP contribution in [0.15, 0.2) is 30.3 Å². The number of nitrogens with one attached hydrogen (secondary N) is 2. The molecule has 0 fully saturated rings. The first-order valence-corrected chi connectivity index (χ1v) is 13.1. The van der Waals surface area contributed by atoms with Crippen molar-refractivity contribution < 1.29 is 19.1 Å². The molecule has 0 bridgehead atoms. The average Bonchev–Trinajstić information content (AvgIpc) is 2.73. The number of rotatable bonds is 15. The van der Waals surface area contributed by atoms with Crippen LogP contribution in [-0.4, -0.2) is 54.5 Å². The molecule has 1 aromatic carbocycles. The van der Waals surface area contributed by atoms with Gasteiger partial charge >= 0.3 is 12.2 Å². The summed E-state index contributed by atoms with van der Waals surface area (Å²) in [7, 11) is 0. The van der Waals surface area contributed by atoms with E-state index in [0.29, 0.717) is 13.1 Å². The van der Waals surface area contributed by atoms with Crippen LogP contribution in [0.1, 0.15) is 92.1 Å². The molecule has 0 saturated heterocycles. The van der Waals surface area contributed by atoms with Crippen LogP contribution in [0.25, 0.3) is 0 Å². The summed E-state index contributed by atoms with van der Waals surface area (Å²) in [6.45, 7) is 15.4. The predicted octanol–water partition coefficient (Wildman–Crippen LogP) is 6.27. The summed E-state index contributed by atoms with van der Waals surface area (Å²) < 4.78 is 10.6. The summed E-state index contributed by atoms with van der Waals surface area (Å²) >= 11 is 0. The van der Waals surface area contributed by atoms with Gasteiger partial charge in [-0.1, -0.05) is 56.0 Å². The first-order chi connectivity index (χ1) is 16.4. The Morgan fingerprint density at radius 3 is 1.69 bits per heavy atom. The highest BCUT2D eigenvalue weighted by Crippen LogP contribution is 2.11. The second kappa shape index (κ2) is 16.4. The summed E-state index contributed by atoms with van der Waals surface area (Å²) in [6, 6.07) is 10.5. The summed E-state index contributed by atoms with van der Waals surface area (Å²) in [5.41, 5.74) is 0.385. The number of hydrogen-bond acceptors (Lipinski definition) is 5. The van der Waals surface area contributed by atoms with Crippen molar-refractivity contribution in [1.29, 1.82) is 0 Å². The number of carbonyl (C=O) groups is 2. The molecule has 0 atom stereocenters. The molecule has 0 aliphatic rings. The van der Waals surface area contributed by atoms with E-state index in [2.05, 4.69) is 39.8 Å². The van der Waals surface area contributed by atoms with E-state index in [1.165, 1.54) is 24.8 Å². The number of amides is 2. The number of nitrogens with zero attached hydrogens (tertiary/aromatic N) is 1. The van der Waals surface area contributed by atoms with E-state index in [1.54, 1.807) is 0 Å². The minimum absolute atomic E-state index is 0.336. The molecule has 0 unspecified atom stereocenters. The third-order valence-electron chi connectivity index (χ3n) is 5.14. The Morgan fingerprint density at radius 1 is 0.686 bits per heavy atom. The average molecular weight is 492 g/mol. The van der Waals surface area contributed by atoms with Crippen molar-refractivity contribution in [3.05, 3.63) is 35.9 Å². The van der Waals surface area contributed by atoms with Crippen LogP contribution in [0, 0.1) is 0 Å². The van der Waals surface area contributed by atoms with Crippen LogP contribution in [0.4, 0.5) is 9.59 Å². The Balaban J connectivity index is 2.23. The van der Waals surface area contributed by atoms with Gasteiger partial charge in [0.2, 0.25) is 0 Å². The summed E-state index contributed by atoms with van der Waals surface area (Å²) in [5, 5.41) is 5.67. The fourth-order valence-electron chi connectivity index (χ4n) is 3.59. The lowest BCUT2D eigenvalue weighted by atomic mass is 10.1. The first-order valence-electron chi connectivity index (χ1n) is 13.1. The molecule has 0 aromatic heterocycles. The highest BCUT2D eigenvalue weighted by atomic mass is 16.6. The third kappa shape index (κ3) is 18.7. The minimum atomic E-state index is -0.474.